The zero-order valence-corrected chi connectivity index (χ0v) is 12.0. The number of ketones is 1. The van der Waals surface area contributed by atoms with E-state index in [1.165, 1.54) is 11.3 Å². The van der Waals surface area contributed by atoms with Gasteiger partial charge in [0.25, 0.3) is 0 Å². The molecule has 1 aliphatic carbocycles. The van der Waals surface area contributed by atoms with Crippen LogP contribution >= 0.6 is 15.9 Å². The largest absolute Gasteiger partial charge is 0.371 e. The third-order valence-corrected chi connectivity index (χ3v) is 4.10. The van der Waals surface area contributed by atoms with Gasteiger partial charge in [0, 0.05) is 36.1 Å². The van der Waals surface area contributed by atoms with Gasteiger partial charge in [0.15, 0.2) is 0 Å². The quantitative estimate of drug-likeness (QED) is 0.829. The van der Waals surface area contributed by atoms with Gasteiger partial charge in [-0.1, -0.05) is 22.0 Å². The fourth-order valence-corrected chi connectivity index (χ4v) is 2.82. The van der Waals surface area contributed by atoms with E-state index in [1.54, 1.807) is 0 Å². The first kappa shape index (κ1) is 12.6. The summed E-state index contributed by atoms with van der Waals surface area (Å²) in [7, 11) is 2.13. The highest BCUT2D eigenvalue weighted by atomic mass is 79.9. The van der Waals surface area contributed by atoms with Crippen LogP contribution in [0.1, 0.15) is 31.2 Å². The van der Waals surface area contributed by atoms with Gasteiger partial charge in [-0.25, -0.2) is 0 Å². The highest BCUT2D eigenvalue weighted by Crippen LogP contribution is 2.29. The number of carbonyl (C=O) groups excluding carboxylic acids is 1. The summed E-state index contributed by atoms with van der Waals surface area (Å²) in [5, 5.41) is 0. The van der Waals surface area contributed by atoms with Gasteiger partial charge < -0.3 is 4.90 Å². The molecule has 92 valence electrons. The fourth-order valence-electron chi connectivity index (χ4n) is 2.47. The molecule has 0 unspecified atom stereocenters. The van der Waals surface area contributed by atoms with Crippen molar-refractivity contribution in [1.29, 1.82) is 0 Å². The predicted octanol–water partition coefficient (Wildman–Crippen LogP) is 3.71. The lowest BCUT2D eigenvalue weighted by atomic mass is 9.93. The first-order chi connectivity index (χ1) is 8.08. The lowest BCUT2D eigenvalue weighted by Gasteiger charge is -2.33. The molecule has 2 rings (SSSR count). The van der Waals surface area contributed by atoms with Gasteiger partial charge in [-0.15, -0.1) is 0 Å². The second kappa shape index (κ2) is 5.21. The molecule has 2 nitrogen and oxygen atoms in total. The van der Waals surface area contributed by atoms with Crippen LogP contribution in [0.3, 0.4) is 0 Å². The first-order valence-electron chi connectivity index (χ1n) is 6.08. The van der Waals surface area contributed by atoms with Crippen LogP contribution in [0.15, 0.2) is 22.7 Å². The van der Waals surface area contributed by atoms with Crippen molar-refractivity contribution < 1.29 is 4.79 Å². The van der Waals surface area contributed by atoms with Crippen LogP contribution in [0, 0.1) is 6.92 Å². The Bertz CT molecular complexity index is 420. The van der Waals surface area contributed by atoms with Crippen LogP contribution in [-0.4, -0.2) is 18.9 Å². The SMILES string of the molecule is Cc1ccc(Br)cc1N(C)C1CCC(=O)CC1. The van der Waals surface area contributed by atoms with Gasteiger partial charge in [-0.3, -0.25) is 4.79 Å². The van der Waals surface area contributed by atoms with Crippen molar-refractivity contribution in [3.8, 4) is 0 Å². The van der Waals surface area contributed by atoms with Gasteiger partial charge in [0.1, 0.15) is 5.78 Å². The molecule has 17 heavy (non-hydrogen) atoms. The number of benzene rings is 1. The van der Waals surface area contributed by atoms with E-state index in [2.05, 4.69) is 53.0 Å². The van der Waals surface area contributed by atoms with E-state index in [9.17, 15) is 4.79 Å². The lowest BCUT2D eigenvalue weighted by Crippen LogP contribution is -2.35. The van der Waals surface area contributed by atoms with Crippen molar-refractivity contribution in [2.75, 3.05) is 11.9 Å². The van der Waals surface area contributed by atoms with Crippen LogP contribution in [0.25, 0.3) is 0 Å². The van der Waals surface area contributed by atoms with Crippen LogP contribution in [0.5, 0.6) is 0 Å². The van der Waals surface area contributed by atoms with E-state index in [-0.39, 0.29) is 0 Å². The maximum Gasteiger partial charge on any atom is 0.133 e. The molecule has 1 aliphatic rings. The Morgan fingerprint density at radius 2 is 1.94 bits per heavy atom. The number of carbonyl (C=O) groups is 1. The minimum Gasteiger partial charge on any atom is -0.371 e. The Labute approximate surface area is 111 Å². The highest BCUT2D eigenvalue weighted by molar-refractivity contribution is 9.10. The van der Waals surface area contributed by atoms with Crippen molar-refractivity contribution in [1.82, 2.24) is 0 Å². The lowest BCUT2D eigenvalue weighted by molar-refractivity contribution is -0.120. The van der Waals surface area contributed by atoms with Crippen molar-refractivity contribution in [2.24, 2.45) is 0 Å². The monoisotopic (exact) mass is 295 g/mol. The summed E-state index contributed by atoms with van der Waals surface area (Å²) in [6.07, 6.45) is 3.45. The molecular formula is C14H18BrNO. The van der Waals surface area contributed by atoms with Gasteiger partial charge in [0.05, 0.1) is 0 Å². The normalized spacial score (nSPS) is 17.2. The van der Waals surface area contributed by atoms with Gasteiger partial charge >= 0.3 is 0 Å². The maximum atomic E-state index is 11.3. The number of hydrogen-bond acceptors (Lipinski definition) is 2. The summed E-state index contributed by atoms with van der Waals surface area (Å²) in [6, 6.07) is 6.85. The summed E-state index contributed by atoms with van der Waals surface area (Å²) in [6.45, 7) is 2.13. The number of Topliss-reactive ketones (excluding diaryl/α,β-unsaturated/α-hetero) is 1. The Morgan fingerprint density at radius 3 is 2.59 bits per heavy atom. The highest BCUT2D eigenvalue weighted by Gasteiger charge is 2.23. The van der Waals surface area contributed by atoms with E-state index < -0.39 is 0 Å². The maximum absolute atomic E-state index is 11.3. The molecule has 1 fully saturated rings. The predicted molar refractivity (Wildman–Crippen MR) is 74.5 cm³/mol. The summed E-state index contributed by atoms with van der Waals surface area (Å²) in [5.41, 5.74) is 2.55. The van der Waals surface area contributed by atoms with Gasteiger partial charge in [0.2, 0.25) is 0 Å². The van der Waals surface area contributed by atoms with E-state index in [0.29, 0.717) is 11.8 Å². The zero-order chi connectivity index (χ0) is 12.4. The number of rotatable bonds is 2. The molecule has 1 aromatic carbocycles. The van der Waals surface area contributed by atoms with E-state index in [1.807, 2.05) is 0 Å². The third kappa shape index (κ3) is 2.89. The molecule has 0 spiro atoms. The number of halogens is 1. The zero-order valence-electron chi connectivity index (χ0n) is 10.4. The fraction of sp³-hybridized carbons (Fsp3) is 0.500. The molecule has 0 N–H and O–H groups in total. The number of anilines is 1. The summed E-state index contributed by atoms with van der Waals surface area (Å²) >= 11 is 3.52. The topological polar surface area (TPSA) is 20.3 Å². The van der Waals surface area contributed by atoms with Crippen LogP contribution < -0.4 is 4.90 Å². The van der Waals surface area contributed by atoms with Crippen molar-refractivity contribution in [3.05, 3.63) is 28.2 Å². The third-order valence-electron chi connectivity index (χ3n) is 3.61. The van der Waals surface area contributed by atoms with E-state index in [4.69, 9.17) is 0 Å². The van der Waals surface area contributed by atoms with Crippen LogP contribution in [0.2, 0.25) is 0 Å². The molecule has 1 aromatic rings. The molecule has 1 saturated carbocycles. The molecule has 0 atom stereocenters. The van der Waals surface area contributed by atoms with Crippen molar-refractivity contribution >= 4 is 27.4 Å². The molecule has 0 aliphatic heterocycles. The number of aryl methyl sites for hydroxylation is 1. The molecule has 0 bridgehead atoms. The summed E-state index contributed by atoms with van der Waals surface area (Å²) in [4.78, 5) is 13.6. The number of hydrogen-bond donors (Lipinski definition) is 0. The molecule has 0 heterocycles. The Balaban J connectivity index is 2.16. The molecule has 0 radical (unpaired) electrons. The summed E-state index contributed by atoms with van der Waals surface area (Å²) < 4.78 is 1.11. The minimum absolute atomic E-state index is 0.417. The smallest absolute Gasteiger partial charge is 0.133 e. The Hall–Kier alpha value is -0.830. The second-order valence-corrected chi connectivity index (χ2v) is 5.73. The molecule has 0 amide bonds. The van der Waals surface area contributed by atoms with Crippen LogP contribution in [-0.2, 0) is 4.79 Å². The van der Waals surface area contributed by atoms with Crippen LogP contribution in [0.4, 0.5) is 5.69 Å². The van der Waals surface area contributed by atoms with Crippen molar-refractivity contribution in [2.45, 2.75) is 38.6 Å². The van der Waals surface area contributed by atoms with E-state index in [0.717, 1.165) is 30.2 Å². The average molecular weight is 296 g/mol. The minimum atomic E-state index is 0.417. The molecule has 3 heteroatoms. The average Bonchev–Trinajstić information content (AvgIpc) is 2.32. The summed E-state index contributed by atoms with van der Waals surface area (Å²) in [5.74, 6) is 0.417. The van der Waals surface area contributed by atoms with Gasteiger partial charge in [-0.2, -0.15) is 0 Å². The Morgan fingerprint density at radius 1 is 1.29 bits per heavy atom. The Kier molecular flexibility index (Phi) is 3.87. The number of nitrogens with zero attached hydrogens (tertiary/aromatic N) is 1. The molecular weight excluding hydrogens is 278 g/mol. The van der Waals surface area contributed by atoms with Crippen molar-refractivity contribution in [3.63, 3.8) is 0 Å². The first-order valence-corrected chi connectivity index (χ1v) is 6.88. The molecule has 0 aromatic heterocycles. The second-order valence-electron chi connectivity index (χ2n) is 4.81. The molecule has 0 saturated heterocycles. The van der Waals surface area contributed by atoms with Gasteiger partial charge in [-0.05, 0) is 37.5 Å². The standard InChI is InChI=1S/C14H18BrNO/c1-10-3-4-11(15)9-14(10)16(2)12-5-7-13(17)8-6-12/h3-4,9,12H,5-8H2,1-2H3. The van der Waals surface area contributed by atoms with E-state index >= 15 is 0 Å².